The molecule has 2 aliphatic heterocycles. The summed E-state index contributed by atoms with van der Waals surface area (Å²) in [6, 6.07) is 53.6. The van der Waals surface area contributed by atoms with E-state index >= 15 is 0 Å². The van der Waals surface area contributed by atoms with Gasteiger partial charge in [0.05, 0.1) is 24.0 Å². The van der Waals surface area contributed by atoms with Crippen molar-refractivity contribution >= 4 is 28.7 Å². The summed E-state index contributed by atoms with van der Waals surface area (Å²) in [7, 11) is 0. The molecule has 3 heterocycles. The molecule has 0 saturated heterocycles. The summed E-state index contributed by atoms with van der Waals surface area (Å²) in [5, 5.41) is 0. The Balaban J connectivity index is 1.17. The lowest BCUT2D eigenvalue weighted by atomic mass is 9.72. The Morgan fingerprint density at radius 3 is 1.88 bits per heavy atom. The van der Waals surface area contributed by atoms with Crippen LogP contribution in [0.3, 0.4) is 0 Å². The van der Waals surface area contributed by atoms with Crippen LogP contribution >= 0.6 is 0 Å². The molecule has 0 N–H and O–H groups in total. The first-order valence-electron chi connectivity index (χ1n) is 24.4. The fourth-order valence-corrected chi connectivity index (χ4v) is 10.5. The van der Waals surface area contributed by atoms with Gasteiger partial charge in [-0.1, -0.05) is 173 Å². The molecule has 1 atom stereocenters. The lowest BCUT2D eigenvalue weighted by Gasteiger charge is -2.41. The number of ether oxygens (including phenoxy) is 1. The van der Waals surface area contributed by atoms with Crippen molar-refractivity contribution in [2.45, 2.75) is 124 Å². The molecule has 0 spiro atoms. The number of anilines is 4. The summed E-state index contributed by atoms with van der Waals surface area (Å²) in [6.45, 7) is 28.1. The molecule has 0 saturated carbocycles. The third-order valence-corrected chi connectivity index (χ3v) is 14.1. The van der Waals surface area contributed by atoms with Crippen LogP contribution < -0.4 is 14.5 Å². The maximum absolute atomic E-state index is 7.12. The number of rotatable bonds is 11. The van der Waals surface area contributed by atoms with Crippen LogP contribution in [0.15, 0.2) is 157 Å². The Hall–Kier alpha value is -6.46. The standard InChI is InChI=1S/C62H68N4O/c1-39(2)45-33-46(59-64-38-56(57(43-21-15-13-16-22-43)44-23-17-14-18-24-44)66(59)58-51(40(3)4)25-19-26-52(58)41(5)6)35-50(34-45)67-49-32-42(7)31-48(37-49)65-55-29-28-47(61(8,9)10)36-54(55)62(11,12)53-27-20-30-63-60(53)65/h13-37,39-41,56-57H,38H2,1-12H3/t56-/m1/s1. The van der Waals surface area contributed by atoms with Gasteiger partial charge in [0.25, 0.3) is 0 Å². The average Bonchev–Trinajstić information content (AvgIpc) is 3.73. The van der Waals surface area contributed by atoms with Crippen LogP contribution in [0.25, 0.3) is 0 Å². The molecular formula is C62H68N4O. The van der Waals surface area contributed by atoms with Gasteiger partial charge in [-0.05, 0) is 117 Å². The van der Waals surface area contributed by atoms with Gasteiger partial charge in [-0.15, -0.1) is 0 Å². The summed E-state index contributed by atoms with van der Waals surface area (Å²) in [5.74, 6) is 4.45. The van der Waals surface area contributed by atoms with E-state index in [2.05, 4.69) is 238 Å². The first kappa shape index (κ1) is 45.7. The zero-order valence-corrected chi connectivity index (χ0v) is 41.7. The number of pyridine rings is 1. The van der Waals surface area contributed by atoms with E-state index in [9.17, 15) is 0 Å². The van der Waals surface area contributed by atoms with Crippen molar-refractivity contribution in [3.63, 3.8) is 0 Å². The van der Waals surface area contributed by atoms with Crippen molar-refractivity contribution in [2.75, 3.05) is 16.3 Å². The van der Waals surface area contributed by atoms with Crippen molar-refractivity contribution in [2.24, 2.45) is 4.99 Å². The Bertz CT molecular complexity index is 2870. The van der Waals surface area contributed by atoms with Gasteiger partial charge >= 0.3 is 0 Å². The second kappa shape index (κ2) is 18.0. The molecule has 0 bridgehead atoms. The lowest BCUT2D eigenvalue weighted by molar-refractivity contribution is 0.481. The minimum atomic E-state index is -0.239. The van der Waals surface area contributed by atoms with E-state index in [1.54, 1.807) is 0 Å². The van der Waals surface area contributed by atoms with Crippen LogP contribution in [0, 0.1) is 6.92 Å². The van der Waals surface area contributed by atoms with Crippen molar-refractivity contribution in [3.05, 3.63) is 207 Å². The topological polar surface area (TPSA) is 41.0 Å². The van der Waals surface area contributed by atoms with Crippen molar-refractivity contribution in [3.8, 4) is 11.5 Å². The molecule has 0 fully saturated rings. The van der Waals surface area contributed by atoms with Crippen molar-refractivity contribution < 1.29 is 4.74 Å². The SMILES string of the molecule is Cc1cc(Oc2cc(C3=NC[C@H](C(c4ccccc4)c4ccccc4)N3c3c(C(C)C)cccc3C(C)C)cc(C(C)C)c2)cc(N2c3ccc(C(C)(C)C)cc3C(C)(C)c3cccnc32)c1. The third-order valence-electron chi connectivity index (χ3n) is 14.1. The number of fused-ring (bicyclic) bond motifs is 2. The van der Waals surface area contributed by atoms with Gasteiger partial charge in [-0.2, -0.15) is 0 Å². The predicted molar refractivity (Wildman–Crippen MR) is 282 cm³/mol. The lowest BCUT2D eigenvalue weighted by Crippen LogP contribution is -2.43. The molecule has 2 aliphatic rings. The second-order valence-corrected chi connectivity index (χ2v) is 21.4. The monoisotopic (exact) mass is 885 g/mol. The summed E-state index contributed by atoms with van der Waals surface area (Å²) in [6.07, 6.45) is 1.91. The number of amidine groups is 1. The fraction of sp³-hybridized carbons (Fsp3) is 0.323. The molecule has 5 heteroatoms. The number of nitrogens with zero attached hydrogens (tertiary/aromatic N) is 4. The van der Waals surface area contributed by atoms with E-state index in [-0.39, 0.29) is 28.7 Å². The minimum absolute atomic E-state index is 0.0148. The van der Waals surface area contributed by atoms with Crippen LogP contribution in [-0.2, 0) is 10.8 Å². The summed E-state index contributed by atoms with van der Waals surface area (Å²) >= 11 is 0. The fourth-order valence-electron chi connectivity index (χ4n) is 10.5. The molecule has 6 aromatic carbocycles. The average molecular weight is 885 g/mol. The number of aromatic nitrogens is 1. The molecule has 7 aromatic rings. The molecule has 5 nitrogen and oxygen atoms in total. The van der Waals surface area contributed by atoms with Crippen LogP contribution in [0.4, 0.5) is 22.9 Å². The van der Waals surface area contributed by atoms with E-state index in [4.69, 9.17) is 14.7 Å². The Morgan fingerprint density at radius 2 is 1.27 bits per heavy atom. The highest BCUT2D eigenvalue weighted by Crippen LogP contribution is 2.52. The summed E-state index contributed by atoms with van der Waals surface area (Å²) in [5.41, 5.74) is 15.6. The number of aryl methyl sites for hydroxylation is 1. The molecule has 67 heavy (non-hydrogen) atoms. The predicted octanol–water partition coefficient (Wildman–Crippen LogP) is 16.4. The van der Waals surface area contributed by atoms with E-state index in [1.165, 1.54) is 50.2 Å². The van der Waals surface area contributed by atoms with E-state index in [0.717, 1.165) is 45.7 Å². The first-order valence-corrected chi connectivity index (χ1v) is 24.4. The Kier molecular flexibility index (Phi) is 12.3. The van der Waals surface area contributed by atoms with Gasteiger partial charge in [0, 0.05) is 40.4 Å². The second-order valence-electron chi connectivity index (χ2n) is 21.4. The van der Waals surface area contributed by atoms with Gasteiger partial charge in [-0.25, -0.2) is 4.98 Å². The van der Waals surface area contributed by atoms with Crippen molar-refractivity contribution in [1.29, 1.82) is 0 Å². The number of benzene rings is 6. The molecule has 0 unspecified atom stereocenters. The van der Waals surface area contributed by atoms with Gasteiger partial charge in [-0.3, -0.25) is 9.89 Å². The molecular weight excluding hydrogens is 817 g/mol. The minimum Gasteiger partial charge on any atom is -0.457 e. The zero-order valence-electron chi connectivity index (χ0n) is 41.7. The third kappa shape index (κ3) is 8.70. The van der Waals surface area contributed by atoms with Gasteiger partial charge in [0.15, 0.2) is 0 Å². The van der Waals surface area contributed by atoms with Gasteiger partial charge in [0.1, 0.15) is 23.2 Å². The molecule has 0 aliphatic carbocycles. The summed E-state index contributed by atoms with van der Waals surface area (Å²) in [4.78, 5) is 15.6. The number of para-hydroxylation sites is 1. The molecule has 1 aromatic heterocycles. The number of aliphatic imine (C=N–C) groups is 1. The van der Waals surface area contributed by atoms with E-state index in [0.29, 0.717) is 18.4 Å². The molecule has 342 valence electrons. The highest BCUT2D eigenvalue weighted by molar-refractivity contribution is 6.13. The normalized spacial score (nSPS) is 15.6. The largest absolute Gasteiger partial charge is 0.457 e. The highest BCUT2D eigenvalue weighted by atomic mass is 16.5. The summed E-state index contributed by atoms with van der Waals surface area (Å²) < 4.78 is 7.12. The Morgan fingerprint density at radius 1 is 0.627 bits per heavy atom. The quantitative estimate of drug-likeness (QED) is 0.130. The molecule has 0 amide bonds. The Labute approximate surface area is 400 Å². The van der Waals surface area contributed by atoms with Crippen LogP contribution in [0.5, 0.6) is 11.5 Å². The van der Waals surface area contributed by atoms with E-state index < -0.39 is 0 Å². The highest BCUT2D eigenvalue weighted by Gasteiger charge is 2.41. The maximum Gasteiger partial charge on any atom is 0.141 e. The van der Waals surface area contributed by atoms with Crippen LogP contribution in [-0.4, -0.2) is 23.4 Å². The van der Waals surface area contributed by atoms with Gasteiger partial charge in [0.2, 0.25) is 0 Å². The smallest absolute Gasteiger partial charge is 0.141 e. The zero-order chi connectivity index (χ0) is 47.4. The van der Waals surface area contributed by atoms with E-state index in [1.807, 2.05) is 6.20 Å². The van der Waals surface area contributed by atoms with Crippen LogP contribution in [0.1, 0.15) is 155 Å². The molecule has 0 radical (unpaired) electrons. The van der Waals surface area contributed by atoms with Gasteiger partial charge < -0.3 is 9.64 Å². The molecule has 9 rings (SSSR count). The maximum atomic E-state index is 7.12. The van der Waals surface area contributed by atoms with Crippen molar-refractivity contribution in [1.82, 2.24) is 4.98 Å². The number of hydrogen-bond donors (Lipinski definition) is 0. The number of hydrogen-bond acceptors (Lipinski definition) is 5. The first-order chi connectivity index (χ1) is 32.0. The van der Waals surface area contributed by atoms with Crippen LogP contribution in [0.2, 0.25) is 0 Å².